The molecule has 0 bridgehead atoms. The van der Waals surface area contributed by atoms with Gasteiger partial charge in [0.15, 0.2) is 0 Å². The van der Waals surface area contributed by atoms with Gasteiger partial charge in [-0.3, -0.25) is 0 Å². The molecule has 22 heavy (non-hydrogen) atoms. The van der Waals surface area contributed by atoms with Crippen LogP contribution in [0.25, 0.3) is 11.1 Å². The highest BCUT2D eigenvalue weighted by Crippen LogP contribution is 2.33. The summed E-state index contributed by atoms with van der Waals surface area (Å²) in [5.74, 6) is 2.10. The van der Waals surface area contributed by atoms with Gasteiger partial charge in [-0.25, -0.2) is 0 Å². The third-order valence-corrected chi connectivity index (χ3v) is 5.15. The van der Waals surface area contributed by atoms with E-state index in [1.807, 2.05) is 0 Å². The molecule has 0 saturated heterocycles. The fraction of sp³-hybridized carbons (Fsp3) is 0.318. The molecule has 111 valence electrons. The van der Waals surface area contributed by atoms with E-state index in [1.165, 1.54) is 60.1 Å². The Morgan fingerprint density at radius 2 is 1.50 bits per heavy atom. The average Bonchev–Trinajstić information content (AvgIpc) is 2.92. The number of rotatable bonds is 1. The Morgan fingerprint density at radius 3 is 2.32 bits per heavy atom. The van der Waals surface area contributed by atoms with E-state index in [0.717, 1.165) is 0 Å². The Morgan fingerprint density at radius 1 is 0.727 bits per heavy atom. The number of allylic oxidation sites excluding steroid dienone is 6. The summed E-state index contributed by atoms with van der Waals surface area (Å²) in [6, 6.07) is 8.98. The quantitative estimate of drug-likeness (QED) is 0.678. The second-order valence-corrected chi connectivity index (χ2v) is 6.56. The second kappa shape index (κ2) is 6.12. The lowest BCUT2D eigenvalue weighted by atomic mass is 9.89. The highest BCUT2D eigenvalue weighted by Gasteiger charge is 2.20. The Hall–Kier alpha value is -1.82. The Balaban J connectivity index is 1.94. The van der Waals surface area contributed by atoms with Crippen molar-refractivity contribution in [2.24, 2.45) is 5.92 Å². The van der Waals surface area contributed by atoms with Crippen LogP contribution >= 0.6 is 0 Å². The summed E-state index contributed by atoms with van der Waals surface area (Å²) in [5.41, 5.74) is 2.94. The van der Waals surface area contributed by atoms with Crippen molar-refractivity contribution in [3.05, 3.63) is 77.1 Å². The van der Waals surface area contributed by atoms with Gasteiger partial charge in [0, 0.05) is 11.8 Å². The molecule has 1 atom stereocenters. The van der Waals surface area contributed by atoms with E-state index in [1.54, 1.807) is 5.92 Å². The molecule has 0 N–H and O–H groups in total. The van der Waals surface area contributed by atoms with Gasteiger partial charge in [0.1, 0.15) is 0 Å². The van der Waals surface area contributed by atoms with Crippen LogP contribution in [-0.2, 0) is 0 Å². The fourth-order valence-electron chi connectivity index (χ4n) is 3.99. The van der Waals surface area contributed by atoms with Crippen molar-refractivity contribution in [1.82, 2.24) is 0 Å². The predicted octanol–water partition coefficient (Wildman–Crippen LogP) is 4.23. The molecule has 1 saturated carbocycles. The Bertz CT molecular complexity index is 749. The first-order valence-corrected chi connectivity index (χ1v) is 8.65. The number of benzene rings is 1. The van der Waals surface area contributed by atoms with Gasteiger partial charge >= 0.3 is 0 Å². The molecule has 0 nitrogen and oxygen atoms in total. The molecule has 0 aromatic heterocycles. The van der Waals surface area contributed by atoms with Crippen LogP contribution in [0.3, 0.4) is 0 Å². The molecular weight excluding hydrogens is 264 g/mol. The van der Waals surface area contributed by atoms with Crippen LogP contribution in [0.2, 0.25) is 0 Å². The van der Waals surface area contributed by atoms with Gasteiger partial charge in [-0.1, -0.05) is 86.4 Å². The summed E-state index contributed by atoms with van der Waals surface area (Å²) >= 11 is 0. The van der Waals surface area contributed by atoms with Crippen molar-refractivity contribution < 1.29 is 0 Å². The monoisotopic (exact) mass is 287 g/mol. The standard InChI is InChI=1S/C22H23/c1-2-4-10-17(9-3-1)20-16-15-18-11-5-6-12-19(18)21-13-7-8-14-22(20)21/h5-8,11-16,18H,1-4,9-10H2. The van der Waals surface area contributed by atoms with Gasteiger partial charge < -0.3 is 0 Å². The van der Waals surface area contributed by atoms with Gasteiger partial charge in [0.05, 0.1) is 0 Å². The van der Waals surface area contributed by atoms with E-state index in [9.17, 15) is 0 Å². The third-order valence-electron chi connectivity index (χ3n) is 5.15. The zero-order valence-electron chi connectivity index (χ0n) is 13.1. The van der Waals surface area contributed by atoms with Crippen LogP contribution in [0.5, 0.6) is 0 Å². The van der Waals surface area contributed by atoms with Crippen LogP contribution < -0.4 is 10.4 Å². The molecule has 4 rings (SSSR count). The SMILES string of the molecule is C1=CC2=c3ccccc3=C([C]3CCCCCC3)C=CC2C=C1. The zero-order valence-corrected chi connectivity index (χ0v) is 13.1. The topological polar surface area (TPSA) is 0 Å². The number of fused-ring (bicyclic) bond motifs is 2. The van der Waals surface area contributed by atoms with Crippen LogP contribution in [-0.4, -0.2) is 0 Å². The van der Waals surface area contributed by atoms with Gasteiger partial charge in [-0.2, -0.15) is 0 Å². The van der Waals surface area contributed by atoms with Crippen molar-refractivity contribution in [3.63, 3.8) is 0 Å². The van der Waals surface area contributed by atoms with Crippen molar-refractivity contribution in [3.8, 4) is 0 Å². The van der Waals surface area contributed by atoms with Gasteiger partial charge in [0.25, 0.3) is 0 Å². The minimum absolute atomic E-state index is 0.426. The highest BCUT2D eigenvalue weighted by molar-refractivity contribution is 5.76. The third kappa shape index (κ3) is 2.52. The van der Waals surface area contributed by atoms with Crippen molar-refractivity contribution in [1.29, 1.82) is 0 Å². The summed E-state index contributed by atoms with van der Waals surface area (Å²) in [5, 5.41) is 2.86. The molecule has 1 unspecified atom stereocenters. The van der Waals surface area contributed by atoms with Gasteiger partial charge in [0.2, 0.25) is 0 Å². The Kier molecular flexibility index (Phi) is 3.84. The van der Waals surface area contributed by atoms with Gasteiger partial charge in [-0.15, -0.1) is 0 Å². The van der Waals surface area contributed by atoms with E-state index in [-0.39, 0.29) is 0 Å². The molecule has 0 aliphatic heterocycles. The summed E-state index contributed by atoms with van der Waals surface area (Å²) in [7, 11) is 0. The molecular formula is C22H23. The summed E-state index contributed by atoms with van der Waals surface area (Å²) in [6.45, 7) is 0. The maximum absolute atomic E-state index is 2.40. The molecule has 0 amide bonds. The summed E-state index contributed by atoms with van der Waals surface area (Å²) in [6.07, 6.45) is 21.8. The van der Waals surface area contributed by atoms with Crippen LogP contribution in [0.1, 0.15) is 38.5 Å². The van der Waals surface area contributed by atoms with E-state index >= 15 is 0 Å². The number of hydrogen-bond donors (Lipinski definition) is 0. The molecule has 1 fully saturated rings. The first kappa shape index (κ1) is 13.8. The molecule has 0 heteroatoms. The highest BCUT2D eigenvalue weighted by atomic mass is 14.2. The van der Waals surface area contributed by atoms with Crippen LogP contribution in [0, 0.1) is 11.8 Å². The molecule has 1 aromatic carbocycles. The van der Waals surface area contributed by atoms with Crippen molar-refractivity contribution in [2.75, 3.05) is 0 Å². The molecule has 3 aliphatic carbocycles. The first-order valence-electron chi connectivity index (χ1n) is 8.65. The molecule has 1 radical (unpaired) electrons. The fourth-order valence-corrected chi connectivity index (χ4v) is 3.99. The van der Waals surface area contributed by atoms with Crippen LogP contribution in [0.4, 0.5) is 0 Å². The van der Waals surface area contributed by atoms with Crippen molar-refractivity contribution in [2.45, 2.75) is 38.5 Å². The van der Waals surface area contributed by atoms with E-state index in [0.29, 0.717) is 5.92 Å². The smallest absolute Gasteiger partial charge is 0.0211 e. The maximum atomic E-state index is 2.40. The summed E-state index contributed by atoms with van der Waals surface area (Å²) in [4.78, 5) is 0. The van der Waals surface area contributed by atoms with Crippen molar-refractivity contribution >= 4 is 11.1 Å². The lowest BCUT2D eigenvalue weighted by Crippen LogP contribution is -2.30. The molecule has 3 aliphatic rings. The van der Waals surface area contributed by atoms with Crippen LogP contribution in [0.15, 0.2) is 60.7 Å². The molecule has 1 aromatic rings. The predicted molar refractivity (Wildman–Crippen MR) is 94.4 cm³/mol. The zero-order chi connectivity index (χ0) is 14.8. The average molecular weight is 287 g/mol. The minimum atomic E-state index is 0.426. The van der Waals surface area contributed by atoms with E-state index in [2.05, 4.69) is 60.7 Å². The van der Waals surface area contributed by atoms with E-state index in [4.69, 9.17) is 0 Å². The lowest BCUT2D eigenvalue weighted by molar-refractivity contribution is 0.702. The summed E-state index contributed by atoms with van der Waals surface area (Å²) < 4.78 is 0. The minimum Gasteiger partial charge on any atom is -0.0732 e. The molecule has 0 spiro atoms. The first-order chi connectivity index (χ1) is 10.9. The largest absolute Gasteiger partial charge is 0.0732 e. The van der Waals surface area contributed by atoms with Gasteiger partial charge in [-0.05, 0) is 34.4 Å². The second-order valence-electron chi connectivity index (χ2n) is 6.56. The number of hydrogen-bond acceptors (Lipinski definition) is 0. The van der Waals surface area contributed by atoms with E-state index < -0.39 is 0 Å². The maximum Gasteiger partial charge on any atom is 0.0211 e. The Labute approximate surface area is 133 Å². The molecule has 0 heterocycles. The lowest BCUT2D eigenvalue weighted by Gasteiger charge is -2.15. The normalized spacial score (nSPS) is 24.6.